The Hall–Kier alpha value is -1.91. The van der Waals surface area contributed by atoms with E-state index >= 15 is 0 Å². The summed E-state index contributed by atoms with van der Waals surface area (Å²) in [4.78, 5) is -0.401. The Labute approximate surface area is 121 Å². The first-order chi connectivity index (χ1) is 10.0. The summed E-state index contributed by atoms with van der Waals surface area (Å²) < 4.78 is 40.2. The molecule has 3 N–H and O–H groups in total. The number of nitrogens with zero attached hydrogens (tertiary/aromatic N) is 3. The van der Waals surface area contributed by atoms with Crippen LogP contribution in [0.2, 0.25) is 0 Å². The number of halogens is 1. The summed E-state index contributed by atoms with van der Waals surface area (Å²) in [5.41, 5.74) is 0.679. The third-order valence-corrected chi connectivity index (χ3v) is 4.09. The minimum absolute atomic E-state index is 0.169. The molecule has 2 aromatic rings. The van der Waals surface area contributed by atoms with E-state index in [-0.39, 0.29) is 12.4 Å². The number of H-pyrrole nitrogens is 1. The van der Waals surface area contributed by atoms with Gasteiger partial charge < -0.3 is 5.32 Å². The lowest BCUT2D eigenvalue weighted by atomic mass is 10.2. The smallest absolute Gasteiger partial charge is 0.243 e. The summed E-state index contributed by atoms with van der Waals surface area (Å²) in [5.74, 6) is -0.640. The Kier molecular flexibility index (Phi) is 4.94. The Morgan fingerprint density at radius 1 is 1.33 bits per heavy atom. The van der Waals surface area contributed by atoms with Crippen LogP contribution < -0.4 is 10.0 Å². The molecule has 0 aliphatic heterocycles. The zero-order valence-corrected chi connectivity index (χ0v) is 12.1. The lowest BCUT2D eigenvalue weighted by Crippen LogP contribution is -2.25. The molecule has 1 heterocycles. The highest BCUT2D eigenvalue weighted by Gasteiger charge is 2.20. The average molecular weight is 314 g/mol. The quantitative estimate of drug-likeness (QED) is 0.659. The summed E-state index contributed by atoms with van der Waals surface area (Å²) in [6, 6.07) is 3.97. The molecule has 8 nitrogen and oxygen atoms in total. The monoisotopic (exact) mass is 314 g/mol. The van der Waals surface area contributed by atoms with E-state index in [1.54, 1.807) is 0 Å². The highest BCUT2D eigenvalue weighted by molar-refractivity contribution is 7.89. The van der Waals surface area contributed by atoms with Gasteiger partial charge in [-0.05, 0) is 24.2 Å². The Morgan fingerprint density at radius 3 is 2.81 bits per heavy atom. The highest BCUT2D eigenvalue weighted by atomic mass is 32.2. The van der Waals surface area contributed by atoms with Gasteiger partial charge in [-0.2, -0.15) is 5.21 Å². The molecule has 0 saturated heterocycles. The Bertz CT molecular complexity index is 689. The maximum atomic E-state index is 13.8. The van der Waals surface area contributed by atoms with Crippen LogP contribution in [0.4, 0.5) is 4.39 Å². The molecule has 0 atom stereocenters. The van der Waals surface area contributed by atoms with Crippen molar-refractivity contribution in [2.45, 2.75) is 24.9 Å². The van der Waals surface area contributed by atoms with Crippen LogP contribution in [0.1, 0.15) is 18.3 Å². The summed E-state index contributed by atoms with van der Waals surface area (Å²) in [7, 11) is -3.99. The van der Waals surface area contributed by atoms with Gasteiger partial charge in [-0.1, -0.05) is 18.2 Å². The van der Waals surface area contributed by atoms with Gasteiger partial charge in [-0.3, -0.25) is 0 Å². The molecule has 0 amide bonds. The molecule has 0 aliphatic carbocycles. The molecule has 21 heavy (non-hydrogen) atoms. The lowest BCUT2D eigenvalue weighted by molar-refractivity contribution is 0.554. The number of benzene rings is 1. The van der Waals surface area contributed by atoms with Crippen LogP contribution in [0, 0.1) is 5.82 Å². The standard InChI is InChI=1S/C11H15FN6O2S/c1-2-13-6-8-3-4-9(12)10(5-8)21(19,20)14-7-11-15-17-18-16-11/h3-5,13-14H,2,6-7H2,1H3,(H,15,16,17,18). The van der Waals surface area contributed by atoms with Gasteiger partial charge in [-0.25, -0.2) is 17.5 Å². The second kappa shape index (κ2) is 6.70. The fourth-order valence-corrected chi connectivity index (χ4v) is 2.73. The number of aromatic nitrogens is 4. The number of rotatable bonds is 7. The first-order valence-electron chi connectivity index (χ1n) is 6.24. The van der Waals surface area contributed by atoms with E-state index in [0.717, 1.165) is 12.6 Å². The molecule has 0 radical (unpaired) electrons. The SMILES string of the molecule is CCNCc1ccc(F)c(S(=O)(=O)NCc2nn[nH]n2)c1. The van der Waals surface area contributed by atoms with Crippen molar-refractivity contribution >= 4 is 10.0 Å². The predicted molar refractivity (Wildman–Crippen MR) is 72.0 cm³/mol. The molecule has 2 rings (SSSR count). The molecule has 0 saturated carbocycles. The first kappa shape index (κ1) is 15.5. The van der Waals surface area contributed by atoms with E-state index in [9.17, 15) is 12.8 Å². The third kappa shape index (κ3) is 4.03. The number of hydrogen-bond acceptors (Lipinski definition) is 6. The number of tetrazole rings is 1. The van der Waals surface area contributed by atoms with Gasteiger partial charge in [0.15, 0.2) is 5.82 Å². The second-order valence-electron chi connectivity index (χ2n) is 4.20. The highest BCUT2D eigenvalue weighted by Crippen LogP contribution is 2.16. The number of hydrogen-bond donors (Lipinski definition) is 3. The van der Waals surface area contributed by atoms with Crippen molar-refractivity contribution in [2.75, 3.05) is 6.54 Å². The summed E-state index contributed by atoms with van der Waals surface area (Å²) in [6.07, 6.45) is 0. The van der Waals surface area contributed by atoms with Crippen LogP contribution >= 0.6 is 0 Å². The van der Waals surface area contributed by atoms with E-state index < -0.39 is 20.7 Å². The summed E-state index contributed by atoms with van der Waals surface area (Å²) in [6.45, 7) is 2.95. The van der Waals surface area contributed by atoms with Crippen LogP contribution in [0.25, 0.3) is 0 Å². The minimum Gasteiger partial charge on any atom is -0.313 e. The fraction of sp³-hybridized carbons (Fsp3) is 0.364. The Balaban J connectivity index is 2.17. The zero-order valence-electron chi connectivity index (χ0n) is 11.3. The van der Waals surface area contributed by atoms with Gasteiger partial charge in [0, 0.05) is 6.54 Å². The van der Waals surface area contributed by atoms with Gasteiger partial charge in [-0.15, -0.1) is 10.2 Å². The first-order valence-corrected chi connectivity index (χ1v) is 7.72. The van der Waals surface area contributed by atoms with Gasteiger partial charge in [0.2, 0.25) is 10.0 Å². The molecule has 10 heteroatoms. The normalized spacial score (nSPS) is 11.7. The van der Waals surface area contributed by atoms with Gasteiger partial charge in [0.05, 0.1) is 6.54 Å². The maximum absolute atomic E-state index is 13.8. The second-order valence-corrected chi connectivity index (χ2v) is 5.93. The number of sulfonamides is 1. The molecule has 0 spiro atoms. The summed E-state index contributed by atoms with van der Waals surface area (Å²) in [5, 5.41) is 15.8. The van der Waals surface area contributed by atoms with Crippen molar-refractivity contribution < 1.29 is 12.8 Å². The Morgan fingerprint density at radius 2 is 2.14 bits per heavy atom. The van der Waals surface area contributed by atoms with Crippen molar-refractivity contribution in [1.82, 2.24) is 30.7 Å². The largest absolute Gasteiger partial charge is 0.313 e. The van der Waals surface area contributed by atoms with E-state index in [4.69, 9.17) is 0 Å². The molecule has 0 unspecified atom stereocenters. The molecule has 0 aliphatic rings. The fourth-order valence-electron chi connectivity index (χ4n) is 1.63. The molecule has 114 valence electrons. The van der Waals surface area contributed by atoms with Crippen LogP contribution in [0.5, 0.6) is 0 Å². The number of nitrogens with one attached hydrogen (secondary N) is 3. The van der Waals surface area contributed by atoms with Gasteiger partial charge in [0.25, 0.3) is 0 Å². The van der Waals surface area contributed by atoms with Crippen molar-refractivity contribution in [1.29, 1.82) is 0 Å². The zero-order chi connectivity index (χ0) is 15.3. The lowest BCUT2D eigenvalue weighted by Gasteiger charge is -2.09. The third-order valence-electron chi connectivity index (χ3n) is 2.67. The average Bonchev–Trinajstić information content (AvgIpc) is 2.97. The summed E-state index contributed by atoms with van der Waals surface area (Å²) >= 11 is 0. The molecule has 0 fully saturated rings. The van der Waals surface area contributed by atoms with Crippen molar-refractivity contribution in [3.05, 3.63) is 35.4 Å². The van der Waals surface area contributed by atoms with Crippen LogP contribution in [0.3, 0.4) is 0 Å². The van der Waals surface area contributed by atoms with Crippen LogP contribution in [0.15, 0.2) is 23.1 Å². The predicted octanol–water partition coefficient (Wildman–Crippen LogP) is -0.0732. The molecular weight excluding hydrogens is 299 g/mol. The minimum atomic E-state index is -3.99. The molecule has 1 aromatic carbocycles. The molecule has 1 aromatic heterocycles. The van der Waals surface area contributed by atoms with Gasteiger partial charge >= 0.3 is 0 Å². The molecule has 0 bridgehead atoms. The van der Waals surface area contributed by atoms with Crippen LogP contribution in [-0.4, -0.2) is 35.6 Å². The number of aromatic amines is 1. The van der Waals surface area contributed by atoms with E-state index in [1.807, 2.05) is 6.92 Å². The maximum Gasteiger partial charge on any atom is 0.243 e. The van der Waals surface area contributed by atoms with Crippen molar-refractivity contribution in [3.63, 3.8) is 0 Å². The van der Waals surface area contributed by atoms with E-state index in [1.165, 1.54) is 12.1 Å². The topological polar surface area (TPSA) is 113 Å². The van der Waals surface area contributed by atoms with Crippen molar-refractivity contribution in [2.24, 2.45) is 0 Å². The molecular formula is C11H15FN6O2S. The van der Waals surface area contributed by atoms with Crippen LogP contribution in [-0.2, 0) is 23.1 Å². The van der Waals surface area contributed by atoms with E-state index in [0.29, 0.717) is 12.1 Å². The van der Waals surface area contributed by atoms with E-state index in [2.05, 4.69) is 30.7 Å². The van der Waals surface area contributed by atoms with Crippen molar-refractivity contribution in [3.8, 4) is 0 Å². The van der Waals surface area contributed by atoms with Gasteiger partial charge in [0.1, 0.15) is 10.7 Å².